The van der Waals surface area contributed by atoms with E-state index >= 15 is 0 Å². The van der Waals surface area contributed by atoms with Gasteiger partial charge in [0.1, 0.15) is 6.29 Å². The van der Waals surface area contributed by atoms with Crippen LogP contribution in [0.4, 0.5) is 0 Å². The molecule has 0 fully saturated rings. The molecule has 0 aromatic heterocycles. The Morgan fingerprint density at radius 2 is 2.00 bits per heavy atom. The minimum atomic E-state index is 0.0556. The molecular weight excluding hydrogens is 94.0 g/mol. The van der Waals surface area contributed by atoms with E-state index in [9.17, 15) is 4.79 Å². The highest BCUT2D eigenvalue weighted by Gasteiger charge is 1.97. The van der Waals surface area contributed by atoms with Gasteiger partial charge in [-0.25, -0.2) is 0 Å². The number of hydrogen-bond acceptors (Lipinski definition) is 2. The summed E-state index contributed by atoms with van der Waals surface area (Å²) in [4.78, 5) is 11.8. The Bertz CT molecular complexity index is 61.1. The summed E-state index contributed by atoms with van der Waals surface area (Å²) < 4.78 is 0. The smallest absolute Gasteiger partial charge is 0.136 e. The Kier molecular flexibility index (Phi) is 2.60. The normalized spacial score (nSPS) is 14.3. The van der Waals surface area contributed by atoms with Crippen LogP contribution in [0.15, 0.2) is 0 Å². The monoisotopic (exact) mass is 105 g/mol. The summed E-state index contributed by atoms with van der Waals surface area (Å²) in [5.41, 5.74) is 0. The average Bonchev–Trinajstić information content (AvgIpc) is 1.65. The van der Waals surface area contributed by atoms with Crippen molar-refractivity contribution in [3.8, 4) is 0 Å². The van der Waals surface area contributed by atoms with E-state index in [-0.39, 0.29) is 6.04 Å². The first-order valence-electron chi connectivity index (χ1n) is 2.30. The molecule has 0 aromatic rings. The molecule has 0 saturated carbocycles. The van der Waals surface area contributed by atoms with Crippen LogP contribution < -0.4 is 0 Å². The van der Waals surface area contributed by atoms with Crippen molar-refractivity contribution in [2.75, 3.05) is 14.1 Å². The maximum atomic E-state index is 9.90. The van der Waals surface area contributed by atoms with Gasteiger partial charge in [-0.3, -0.25) is 0 Å². The molecule has 0 aliphatic carbocycles. The van der Waals surface area contributed by atoms with Crippen LogP contribution in [0.25, 0.3) is 0 Å². The zero-order valence-electron chi connectivity index (χ0n) is 5.01. The van der Waals surface area contributed by atoms with Crippen LogP contribution in [-0.2, 0) is 4.79 Å². The molecule has 2 heteroatoms. The second kappa shape index (κ2) is 2.75. The molecule has 7 heavy (non-hydrogen) atoms. The van der Waals surface area contributed by atoms with Gasteiger partial charge in [0.15, 0.2) is 0 Å². The number of carbonyl (C=O) groups is 1. The molecule has 0 aliphatic heterocycles. The quantitative estimate of drug-likeness (QED) is 0.215. The maximum absolute atomic E-state index is 9.90. The van der Waals surface area contributed by atoms with Crippen molar-refractivity contribution in [2.45, 2.75) is 13.0 Å². The lowest BCUT2D eigenvalue weighted by Crippen LogP contribution is -2.25. The molecule has 2 nitrogen and oxygen atoms in total. The van der Waals surface area contributed by atoms with Gasteiger partial charge in [-0.2, -0.15) is 0 Å². The van der Waals surface area contributed by atoms with E-state index in [1.165, 1.54) is 0 Å². The molecule has 0 rings (SSSR count). The molecule has 42 valence electrons. The second-order valence-electron chi connectivity index (χ2n) is 1.84. The summed E-state index contributed by atoms with van der Waals surface area (Å²) in [7, 11) is 3.75. The van der Waals surface area contributed by atoms with E-state index < -0.39 is 0 Å². The topological polar surface area (TPSA) is 20.3 Å². The predicted molar refractivity (Wildman–Crippen MR) is 29.2 cm³/mol. The SMILES string of the molecule is CC([13CH]=[18O])[15N](C)C. The van der Waals surface area contributed by atoms with Crippen LogP contribution in [0, 0.1) is 0 Å². The van der Waals surface area contributed by atoms with E-state index in [0.717, 1.165) is 6.29 Å². The number of likely N-dealkylation sites (N-methyl/N-ethyl adjacent to an activating group) is 1. The number of carbonyl (C=O) groups excluding carboxylic acids is 1. The molecule has 0 aliphatic rings. The van der Waals surface area contributed by atoms with E-state index in [2.05, 4.69) is 0 Å². The first kappa shape index (κ1) is 6.63. The lowest BCUT2D eigenvalue weighted by atomic mass is 10.6. The van der Waals surface area contributed by atoms with Crippen molar-refractivity contribution in [3.05, 3.63) is 0 Å². The van der Waals surface area contributed by atoms with Crippen LogP contribution in [0.2, 0.25) is 0 Å². The van der Waals surface area contributed by atoms with E-state index in [4.69, 9.17) is 0 Å². The molecule has 0 spiro atoms. The molecular formula is C5H11NO. The summed E-state index contributed by atoms with van der Waals surface area (Å²) in [6.45, 7) is 1.85. The highest BCUT2D eigenvalue weighted by Crippen LogP contribution is 1.82. The second-order valence-corrected chi connectivity index (χ2v) is 1.84. The highest BCUT2D eigenvalue weighted by molar-refractivity contribution is 5.56. The summed E-state index contributed by atoms with van der Waals surface area (Å²) >= 11 is 0. The maximum Gasteiger partial charge on any atom is 0.136 e. The number of rotatable bonds is 2. The number of aldehydes is 1. The molecule has 0 N–H and O–H groups in total. The van der Waals surface area contributed by atoms with Crippen molar-refractivity contribution in [3.63, 3.8) is 0 Å². The third kappa shape index (κ3) is 2.34. The molecule has 0 aromatic carbocycles. The first-order valence-corrected chi connectivity index (χ1v) is 2.30. The summed E-state index contributed by atoms with van der Waals surface area (Å²) in [6, 6.07) is 0.0556. The predicted octanol–water partition coefficient (Wildman–Crippen LogP) is 0.135. The third-order valence-corrected chi connectivity index (χ3v) is 1.01. The van der Waals surface area contributed by atoms with Gasteiger partial charge < -0.3 is 9.69 Å². The highest BCUT2D eigenvalue weighted by atomic mass is 18.1. The fourth-order valence-electron chi connectivity index (χ4n) is 0.122. The molecule has 1 unspecified atom stereocenters. The summed E-state index contributed by atoms with van der Waals surface area (Å²) in [5, 5.41) is 0. The van der Waals surface area contributed by atoms with Crippen molar-refractivity contribution >= 4 is 6.29 Å². The van der Waals surface area contributed by atoms with Gasteiger partial charge >= 0.3 is 0 Å². The van der Waals surface area contributed by atoms with E-state index in [0.29, 0.717) is 0 Å². The third-order valence-electron chi connectivity index (χ3n) is 1.01. The minimum Gasteiger partial charge on any atom is -0.302 e. The van der Waals surface area contributed by atoms with Gasteiger partial charge in [0.05, 0.1) is 6.04 Å². The Balaban J connectivity index is 3.33. The van der Waals surface area contributed by atoms with Crippen molar-refractivity contribution < 1.29 is 4.79 Å². The lowest BCUT2D eigenvalue weighted by molar-refractivity contribution is -0.111. The minimum absolute atomic E-state index is 0.0556. The Morgan fingerprint density at radius 3 is 2.00 bits per heavy atom. The summed E-state index contributed by atoms with van der Waals surface area (Å²) in [6.07, 6.45) is 0.917. The molecule has 1 atom stereocenters. The van der Waals surface area contributed by atoms with Crippen molar-refractivity contribution in [1.29, 1.82) is 0 Å². The van der Waals surface area contributed by atoms with E-state index in [1.807, 2.05) is 25.9 Å². The molecule has 0 saturated heterocycles. The fourth-order valence-corrected chi connectivity index (χ4v) is 0.122. The lowest BCUT2D eigenvalue weighted by Gasteiger charge is -2.11. The molecule has 0 heterocycles. The van der Waals surface area contributed by atoms with Crippen molar-refractivity contribution in [1.82, 2.24) is 4.90 Å². The number of nitrogens with zero attached hydrogens (tertiary/aromatic N) is 1. The standard InChI is InChI=1S/C5H11NO/c1-5(4-7)6(2)3/h4-5H,1-3H3/i4+1,6+1,7+2. The van der Waals surface area contributed by atoms with E-state index in [1.54, 1.807) is 0 Å². The Hall–Kier alpha value is -0.370. The van der Waals surface area contributed by atoms with Crippen LogP contribution in [0.3, 0.4) is 0 Å². The first-order chi connectivity index (χ1) is 3.18. The summed E-state index contributed by atoms with van der Waals surface area (Å²) in [5.74, 6) is 0. The number of hydrogen-bond donors (Lipinski definition) is 0. The van der Waals surface area contributed by atoms with Crippen LogP contribution >= 0.6 is 0 Å². The van der Waals surface area contributed by atoms with Crippen molar-refractivity contribution in [2.24, 2.45) is 0 Å². The van der Waals surface area contributed by atoms with Gasteiger partial charge in [0.25, 0.3) is 0 Å². The largest absolute Gasteiger partial charge is 0.302 e. The Labute approximate surface area is 44.1 Å². The zero-order valence-corrected chi connectivity index (χ0v) is 5.01. The molecule has 0 radical (unpaired) electrons. The molecule has 0 bridgehead atoms. The van der Waals surface area contributed by atoms with Gasteiger partial charge in [-0.15, -0.1) is 0 Å². The van der Waals surface area contributed by atoms with Gasteiger partial charge in [0, 0.05) is 0 Å². The fraction of sp³-hybridized carbons (Fsp3) is 0.800. The van der Waals surface area contributed by atoms with Crippen LogP contribution in [0.1, 0.15) is 6.92 Å². The van der Waals surface area contributed by atoms with Crippen LogP contribution in [-0.4, -0.2) is 31.3 Å². The van der Waals surface area contributed by atoms with Gasteiger partial charge in [0.2, 0.25) is 0 Å². The average molecular weight is 105 g/mol. The van der Waals surface area contributed by atoms with Gasteiger partial charge in [-0.1, -0.05) is 0 Å². The Morgan fingerprint density at radius 1 is 1.57 bits per heavy atom. The molecule has 0 amide bonds. The van der Waals surface area contributed by atoms with Crippen LogP contribution in [0.5, 0.6) is 0 Å². The van der Waals surface area contributed by atoms with Gasteiger partial charge in [-0.05, 0) is 21.0 Å². The zero-order chi connectivity index (χ0) is 5.86.